The Morgan fingerprint density at radius 3 is 2.81 bits per heavy atom. The Balaban J connectivity index is 2.67. The number of methoxy groups -OCH3 is 1. The summed E-state index contributed by atoms with van der Waals surface area (Å²) in [6.45, 7) is 0. The lowest BCUT2D eigenvalue weighted by Crippen LogP contribution is -1.93. The van der Waals surface area contributed by atoms with E-state index < -0.39 is 5.82 Å². The van der Waals surface area contributed by atoms with Crippen LogP contribution in [0.5, 0.6) is 5.75 Å². The number of nitrogens with two attached hydrogens (primary N) is 1. The van der Waals surface area contributed by atoms with Gasteiger partial charge in [0.25, 0.3) is 0 Å². The van der Waals surface area contributed by atoms with Gasteiger partial charge in [-0.3, -0.25) is 5.10 Å². The molecule has 84 valence electrons. The number of rotatable bonds is 2. The van der Waals surface area contributed by atoms with E-state index in [0.717, 1.165) is 0 Å². The van der Waals surface area contributed by atoms with E-state index in [2.05, 4.69) is 10.2 Å². The maximum Gasteiger partial charge on any atom is 0.149 e. The second-order valence-corrected chi connectivity index (χ2v) is 3.55. The average Bonchev–Trinajstić information content (AvgIpc) is 2.67. The number of aromatic nitrogens is 2. The molecule has 1 heterocycles. The van der Waals surface area contributed by atoms with Crippen molar-refractivity contribution in [2.75, 3.05) is 12.8 Å². The molecular formula is C10H9ClFN3O. The summed E-state index contributed by atoms with van der Waals surface area (Å²) < 4.78 is 18.7. The molecule has 1 aromatic heterocycles. The number of nitrogens with zero attached hydrogens (tertiary/aromatic N) is 1. The first-order chi connectivity index (χ1) is 7.63. The van der Waals surface area contributed by atoms with Crippen molar-refractivity contribution in [2.24, 2.45) is 0 Å². The topological polar surface area (TPSA) is 63.9 Å². The molecule has 4 nitrogen and oxygen atoms in total. The van der Waals surface area contributed by atoms with Crippen LogP contribution < -0.4 is 10.5 Å². The molecule has 3 N–H and O–H groups in total. The van der Waals surface area contributed by atoms with Crippen molar-refractivity contribution in [1.29, 1.82) is 0 Å². The van der Waals surface area contributed by atoms with Gasteiger partial charge in [-0.15, -0.1) is 0 Å². The number of ether oxygens (including phenoxy) is 1. The molecular weight excluding hydrogens is 233 g/mol. The maximum atomic E-state index is 13.7. The van der Waals surface area contributed by atoms with Gasteiger partial charge < -0.3 is 10.5 Å². The summed E-state index contributed by atoms with van der Waals surface area (Å²) in [5.41, 5.74) is 6.10. The molecule has 6 heteroatoms. The van der Waals surface area contributed by atoms with Gasteiger partial charge >= 0.3 is 0 Å². The van der Waals surface area contributed by atoms with Gasteiger partial charge in [0.05, 0.1) is 23.4 Å². The Bertz CT molecular complexity index is 527. The number of halogens is 2. The number of H-pyrrole nitrogens is 1. The molecule has 0 amide bonds. The predicted octanol–water partition coefficient (Wildman–Crippen LogP) is 2.46. The standard InChI is InChI=1S/C10H9ClFN3O/c1-16-10-5(11)2-3-6(12)9(10)7-4-8(13)15-14-7/h2-4H,1H3,(H3,13,14,15). The number of hydrogen-bond acceptors (Lipinski definition) is 3. The van der Waals surface area contributed by atoms with Crippen molar-refractivity contribution in [3.05, 3.63) is 29.0 Å². The third-order valence-electron chi connectivity index (χ3n) is 2.13. The molecule has 0 saturated carbocycles. The number of benzene rings is 1. The summed E-state index contributed by atoms with van der Waals surface area (Å²) in [5.74, 6) is 0.0756. The van der Waals surface area contributed by atoms with E-state index in [4.69, 9.17) is 22.1 Å². The lowest BCUT2D eigenvalue weighted by atomic mass is 10.1. The van der Waals surface area contributed by atoms with Crippen LogP contribution >= 0.6 is 11.6 Å². The van der Waals surface area contributed by atoms with Crippen molar-refractivity contribution in [3.8, 4) is 17.0 Å². The third-order valence-corrected chi connectivity index (χ3v) is 2.43. The van der Waals surface area contributed by atoms with Gasteiger partial charge in [-0.25, -0.2) is 4.39 Å². The van der Waals surface area contributed by atoms with Crippen molar-refractivity contribution in [3.63, 3.8) is 0 Å². The van der Waals surface area contributed by atoms with E-state index in [9.17, 15) is 4.39 Å². The molecule has 0 spiro atoms. The highest BCUT2D eigenvalue weighted by Crippen LogP contribution is 2.37. The highest BCUT2D eigenvalue weighted by Gasteiger charge is 2.16. The van der Waals surface area contributed by atoms with E-state index in [-0.39, 0.29) is 17.1 Å². The minimum absolute atomic E-state index is 0.221. The summed E-state index contributed by atoms with van der Waals surface area (Å²) in [4.78, 5) is 0. The summed E-state index contributed by atoms with van der Waals surface area (Å²) in [6, 6.07) is 4.20. The molecule has 0 aliphatic heterocycles. The average molecular weight is 242 g/mol. The van der Waals surface area contributed by atoms with E-state index in [1.54, 1.807) is 0 Å². The fourth-order valence-corrected chi connectivity index (χ4v) is 1.68. The van der Waals surface area contributed by atoms with Crippen LogP contribution in [0, 0.1) is 5.82 Å². The lowest BCUT2D eigenvalue weighted by Gasteiger charge is -2.09. The normalized spacial score (nSPS) is 10.4. The van der Waals surface area contributed by atoms with Crippen molar-refractivity contribution in [1.82, 2.24) is 10.2 Å². The molecule has 0 atom stereocenters. The molecule has 0 radical (unpaired) electrons. The molecule has 0 aliphatic rings. The number of nitrogens with one attached hydrogen (secondary N) is 1. The van der Waals surface area contributed by atoms with Gasteiger partial charge in [0.1, 0.15) is 17.4 Å². The highest BCUT2D eigenvalue weighted by molar-refractivity contribution is 6.32. The van der Waals surface area contributed by atoms with Crippen molar-refractivity contribution >= 4 is 17.4 Å². The summed E-state index contributed by atoms with van der Waals surface area (Å²) in [7, 11) is 1.42. The van der Waals surface area contributed by atoms with Crippen molar-refractivity contribution < 1.29 is 9.13 Å². The van der Waals surface area contributed by atoms with Crippen LogP contribution in [0.4, 0.5) is 10.2 Å². The van der Waals surface area contributed by atoms with Gasteiger partial charge in [-0.05, 0) is 12.1 Å². The second kappa shape index (κ2) is 4.02. The molecule has 16 heavy (non-hydrogen) atoms. The number of nitrogen functional groups attached to an aromatic ring is 1. The summed E-state index contributed by atoms with van der Waals surface area (Å²) in [5, 5.41) is 6.66. The highest BCUT2D eigenvalue weighted by atomic mass is 35.5. The molecule has 0 bridgehead atoms. The fourth-order valence-electron chi connectivity index (χ4n) is 1.45. The number of hydrogen-bond donors (Lipinski definition) is 2. The van der Waals surface area contributed by atoms with Crippen LogP contribution in [-0.2, 0) is 0 Å². The van der Waals surface area contributed by atoms with Crippen LogP contribution in [0.3, 0.4) is 0 Å². The quantitative estimate of drug-likeness (QED) is 0.849. The van der Waals surface area contributed by atoms with E-state index in [0.29, 0.717) is 10.7 Å². The zero-order chi connectivity index (χ0) is 11.7. The lowest BCUT2D eigenvalue weighted by molar-refractivity contribution is 0.413. The van der Waals surface area contributed by atoms with Crippen LogP contribution in [0.15, 0.2) is 18.2 Å². The number of aromatic amines is 1. The Hall–Kier alpha value is -1.75. The fraction of sp³-hybridized carbons (Fsp3) is 0.100. The van der Waals surface area contributed by atoms with Crippen LogP contribution in [0.2, 0.25) is 5.02 Å². The Morgan fingerprint density at radius 1 is 1.50 bits per heavy atom. The largest absolute Gasteiger partial charge is 0.494 e. The molecule has 0 unspecified atom stereocenters. The van der Waals surface area contributed by atoms with Crippen LogP contribution in [0.25, 0.3) is 11.3 Å². The Labute approximate surface area is 96.2 Å². The minimum Gasteiger partial charge on any atom is -0.494 e. The van der Waals surface area contributed by atoms with Gasteiger partial charge in [-0.1, -0.05) is 11.6 Å². The number of anilines is 1. The molecule has 0 saturated heterocycles. The first kappa shape index (κ1) is 10.8. The van der Waals surface area contributed by atoms with Gasteiger partial charge in [0.15, 0.2) is 0 Å². The molecule has 1 aromatic carbocycles. The predicted molar refractivity (Wildman–Crippen MR) is 60.0 cm³/mol. The third kappa shape index (κ3) is 1.69. The molecule has 0 aliphatic carbocycles. The molecule has 2 rings (SSSR count). The Kier molecular flexibility index (Phi) is 2.70. The van der Waals surface area contributed by atoms with Gasteiger partial charge in [-0.2, -0.15) is 5.10 Å². The van der Waals surface area contributed by atoms with E-state index >= 15 is 0 Å². The van der Waals surface area contributed by atoms with Gasteiger partial charge in [0.2, 0.25) is 0 Å². The van der Waals surface area contributed by atoms with Crippen LogP contribution in [0.1, 0.15) is 0 Å². The van der Waals surface area contributed by atoms with Crippen LogP contribution in [-0.4, -0.2) is 17.3 Å². The molecule has 2 aromatic rings. The van der Waals surface area contributed by atoms with E-state index in [1.807, 2.05) is 0 Å². The zero-order valence-corrected chi connectivity index (χ0v) is 9.18. The van der Waals surface area contributed by atoms with Gasteiger partial charge in [0, 0.05) is 6.07 Å². The summed E-state index contributed by atoms with van der Waals surface area (Å²) >= 11 is 5.90. The van der Waals surface area contributed by atoms with E-state index in [1.165, 1.54) is 25.3 Å². The van der Waals surface area contributed by atoms with Crippen molar-refractivity contribution in [2.45, 2.75) is 0 Å². The smallest absolute Gasteiger partial charge is 0.149 e. The zero-order valence-electron chi connectivity index (χ0n) is 8.42. The first-order valence-electron chi connectivity index (χ1n) is 4.46. The SMILES string of the molecule is COc1c(Cl)ccc(F)c1-c1cc(N)n[nH]1. The monoisotopic (exact) mass is 241 g/mol. The second-order valence-electron chi connectivity index (χ2n) is 3.14. The summed E-state index contributed by atoms with van der Waals surface area (Å²) in [6.07, 6.45) is 0. The maximum absolute atomic E-state index is 13.7. The molecule has 0 fully saturated rings. The first-order valence-corrected chi connectivity index (χ1v) is 4.84. The minimum atomic E-state index is -0.454. The Morgan fingerprint density at radius 2 is 2.25 bits per heavy atom.